The summed E-state index contributed by atoms with van der Waals surface area (Å²) in [5.74, 6) is -0.476. The van der Waals surface area contributed by atoms with Gasteiger partial charge in [0.05, 0.1) is 33.3 Å². The largest absolute Gasteiger partial charge is 0.356 e. The van der Waals surface area contributed by atoms with Gasteiger partial charge in [-0.2, -0.15) is 0 Å². The lowest BCUT2D eigenvalue weighted by atomic mass is 9.62. The molecule has 36 heavy (non-hydrogen) atoms. The quantitative estimate of drug-likeness (QED) is 0.357. The zero-order valence-corrected chi connectivity index (χ0v) is 21.1. The van der Waals surface area contributed by atoms with Crippen LogP contribution in [0, 0.1) is 11.2 Å². The van der Waals surface area contributed by atoms with Crippen LogP contribution in [-0.2, 0) is 23.3 Å². The summed E-state index contributed by atoms with van der Waals surface area (Å²) in [4.78, 5) is 23.1. The smallest absolute Gasteiger partial charge is 0.201 e. The number of hydrogen-bond acceptors (Lipinski definition) is 6. The Morgan fingerprint density at radius 3 is 2.69 bits per heavy atom. The number of imidazole rings is 1. The molecule has 0 spiro atoms. The molecule has 1 aromatic carbocycles. The van der Waals surface area contributed by atoms with Crippen LogP contribution < -0.4 is 0 Å². The third kappa shape index (κ3) is 3.58. The topological polar surface area (TPSA) is 86.9 Å². The van der Waals surface area contributed by atoms with Crippen molar-refractivity contribution in [3.63, 3.8) is 0 Å². The van der Waals surface area contributed by atoms with Crippen LogP contribution in [0.3, 0.4) is 0 Å². The third-order valence-electron chi connectivity index (χ3n) is 7.33. The number of sulfone groups is 1. The Kier molecular flexibility index (Phi) is 5.34. The van der Waals surface area contributed by atoms with E-state index in [4.69, 9.17) is 0 Å². The van der Waals surface area contributed by atoms with Gasteiger partial charge in [-0.05, 0) is 55.7 Å². The van der Waals surface area contributed by atoms with E-state index < -0.39 is 20.5 Å². The first kappa shape index (κ1) is 23.1. The zero-order chi connectivity index (χ0) is 25.1. The molecule has 0 N–H and O–H groups in total. The Labute approximate surface area is 211 Å². The summed E-state index contributed by atoms with van der Waals surface area (Å²) >= 11 is 1.27. The molecule has 0 amide bonds. The molecule has 7 nitrogen and oxygen atoms in total. The monoisotopic (exact) mass is 522 g/mol. The summed E-state index contributed by atoms with van der Waals surface area (Å²) in [5, 5.41) is 1.44. The minimum Gasteiger partial charge on any atom is -0.356 e. The molecule has 0 unspecified atom stereocenters. The van der Waals surface area contributed by atoms with E-state index in [1.165, 1.54) is 23.5 Å². The predicted octanol–water partition coefficient (Wildman–Crippen LogP) is 4.64. The number of halogens is 1. The molecule has 3 aromatic heterocycles. The van der Waals surface area contributed by atoms with Crippen molar-refractivity contribution in [1.29, 1.82) is 0 Å². The van der Waals surface area contributed by atoms with Gasteiger partial charge < -0.3 is 4.57 Å². The van der Waals surface area contributed by atoms with Crippen LogP contribution >= 0.6 is 11.3 Å². The number of allylic oxidation sites excluding steroid dienone is 1. The average Bonchev–Trinajstić information content (AvgIpc) is 3.63. The van der Waals surface area contributed by atoms with E-state index in [0.29, 0.717) is 30.0 Å². The number of rotatable bonds is 5. The summed E-state index contributed by atoms with van der Waals surface area (Å²) in [6.07, 6.45) is 9.94. The van der Waals surface area contributed by atoms with Gasteiger partial charge in [0, 0.05) is 43.1 Å². The van der Waals surface area contributed by atoms with Crippen LogP contribution in [0.4, 0.5) is 4.39 Å². The Morgan fingerprint density at radius 2 is 2.00 bits per heavy atom. The molecule has 0 saturated heterocycles. The number of thiazole rings is 1. The van der Waals surface area contributed by atoms with E-state index in [1.807, 2.05) is 10.6 Å². The van der Waals surface area contributed by atoms with Crippen LogP contribution in [0.25, 0.3) is 11.8 Å². The van der Waals surface area contributed by atoms with Gasteiger partial charge in [0.2, 0.25) is 5.78 Å². The lowest BCUT2D eigenvalue weighted by Gasteiger charge is -2.43. The fourth-order valence-corrected chi connectivity index (χ4v) is 8.03. The number of carbonyl (C=O) groups is 1. The van der Waals surface area contributed by atoms with E-state index in [1.54, 1.807) is 60.1 Å². The lowest BCUT2D eigenvalue weighted by molar-refractivity contribution is 0.0800. The maximum absolute atomic E-state index is 14.0. The average molecular weight is 523 g/mol. The fraction of sp³-hybridized carbons (Fsp3) is 0.269. The molecule has 2 aliphatic carbocycles. The number of hydrogen-bond donors (Lipinski definition) is 0. The zero-order valence-electron chi connectivity index (χ0n) is 19.5. The second kappa shape index (κ2) is 8.35. The number of benzene rings is 1. The van der Waals surface area contributed by atoms with E-state index in [9.17, 15) is 17.6 Å². The van der Waals surface area contributed by atoms with Crippen molar-refractivity contribution in [1.82, 2.24) is 19.1 Å². The summed E-state index contributed by atoms with van der Waals surface area (Å²) in [7, 11) is -1.84. The second-order valence-corrected chi connectivity index (χ2v) is 12.6. The van der Waals surface area contributed by atoms with Crippen LogP contribution in [0.2, 0.25) is 0 Å². The number of aromatic nitrogens is 4. The van der Waals surface area contributed by atoms with Crippen molar-refractivity contribution >= 4 is 33.0 Å². The molecular formula is C26H23FN4O3S2. The standard InChI is InChI=1S/C26H23FN4O3S2/c1-30-10-8-21(15-30)36(33,34)20-7-2-17-12-23-22(29-16-31(23)19-5-3-18(27)4-6-19)14-26(17,13-20)24(32)25-28-9-11-35-25/h3-6,8-12,15-16,20H,2,7,13-14H2,1H3/t20-,26+/m0/s1. The summed E-state index contributed by atoms with van der Waals surface area (Å²) < 4.78 is 44.2. The number of Topliss-reactive ketones (excluding diaryl/α,β-unsaturated/α-hetero) is 1. The van der Waals surface area contributed by atoms with Crippen LogP contribution in [0.15, 0.2) is 71.1 Å². The molecule has 184 valence electrons. The number of ketones is 1. The summed E-state index contributed by atoms with van der Waals surface area (Å²) in [6.45, 7) is 0. The molecule has 6 rings (SSSR count). The third-order valence-corrected chi connectivity index (χ3v) is 10.3. The maximum atomic E-state index is 14.0. The molecule has 2 atom stereocenters. The van der Waals surface area contributed by atoms with Crippen molar-refractivity contribution in [3.05, 3.63) is 88.4 Å². The molecule has 1 saturated carbocycles. The van der Waals surface area contributed by atoms with Crippen LogP contribution in [0.5, 0.6) is 0 Å². The highest BCUT2D eigenvalue weighted by atomic mass is 32.2. The van der Waals surface area contributed by atoms with Crippen LogP contribution in [-0.4, -0.2) is 38.6 Å². The molecule has 10 heteroatoms. The molecule has 3 heterocycles. The highest BCUT2D eigenvalue weighted by molar-refractivity contribution is 7.92. The number of carbonyl (C=O) groups excluding carboxylic acids is 1. The molecular weight excluding hydrogens is 499 g/mol. The number of nitrogens with zero attached hydrogens (tertiary/aromatic N) is 4. The number of aryl methyl sites for hydroxylation is 1. The SMILES string of the molecule is Cn1ccc(S(=O)(=O)[C@H]2CCC3=Cc4c(ncn4-c4ccc(F)cc4)C[C@]3(C(=O)c3nccs3)C2)c1. The van der Waals surface area contributed by atoms with Gasteiger partial charge in [0.25, 0.3) is 0 Å². The Bertz CT molecular complexity index is 1600. The summed E-state index contributed by atoms with van der Waals surface area (Å²) in [6, 6.07) is 7.77. The normalized spacial score (nSPS) is 21.5. The van der Waals surface area contributed by atoms with E-state index in [-0.39, 0.29) is 22.9 Å². The second-order valence-electron chi connectivity index (χ2n) is 9.44. The van der Waals surface area contributed by atoms with Gasteiger partial charge in [-0.15, -0.1) is 11.3 Å². The van der Waals surface area contributed by atoms with Crippen molar-refractivity contribution in [3.8, 4) is 5.69 Å². The lowest BCUT2D eigenvalue weighted by Crippen LogP contribution is -2.45. The highest BCUT2D eigenvalue weighted by Crippen LogP contribution is 2.51. The van der Waals surface area contributed by atoms with E-state index in [2.05, 4.69) is 9.97 Å². The highest BCUT2D eigenvalue weighted by Gasteiger charge is 2.52. The summed E-state index contributed by atoms with van der Waals surface area (Å²) in [5.41, 5.74) is 2.19. The van der Waals surface area contributed by atoms with E-state index in [0.717, 1.165) is 17.0 Å². The first-order valence-corrected chi connectivity index (χ1v) is 14.0. The van der Waals surface area contributed by atoms with E-state index >= 15 is 0 Å². The molecule has 4 aromatic rings. The first-order valence-electron chi connectivity index (χ1n) is 11.6. The molecule has 0 radical (unpaired) electrons. The first-order chi connectivity index (χ1) is 17.3. The Balaban J connectivity index is 1.45. The maximum Gasteiger partial charge on any atom is 0.201 e. The Morgan fingerprint density at radius 1 is 1.19 bits per heavy atom. The molecule has 1 fully saturated rings. The minimum atomic E-state index is -3.63. The van der Waals surface area contributed by atoms with Crippen LogP contribution in [0.1, 0.15) is 40.5 Å². The van der Waals surface area contributed by atoms with Crippen molar-refractivity contribution in [2.45, 2.75) is 35.8 Å². The van der Waals surface area contributed by atoms with Crippen molar-refractivity contribution < 1.29 is 17.6 Å². The van der Waals surface area contributed by atoms with Gasteiger partial charge in [0.15, 0.2) is 14.8 Å². The Hall–Kier alpha value is -3.37. The number of fused-ring (bicyclic) bond motifs is 2. The van der Waals surface area contributed by atoms with Gasteiger partial charge in [-0.3, -0.25) is 9.36 Å². The fourth-order valence-electron chi connectivity index (χ4n) is 5.48. The van der Waals surface area contributed by atoms with Gasteiger partial charge in [-0.1, -0.05) is 5.57 Å². The van der Waals surface area contributed by atoms with Gasteiger partial charge >= 0.3 is 0 Å². The molecule has 0 bridgehead atoms. The van der Waals surface area contributed by atoms with Gasteiger partial charge in [0.1, 0.15) is 5.82 Å². The molecule has 2 aliphatic rings. The molecule has 0 aliphatic heterocycles. The minimum absolute atomic E-state index is 0.154. The van der Waals surface area contributed by atoms with Crippen molar-refractivity contribution in [2.75, 3.05) is 0 Å². The van der Waals surface area contributed by atoms with Crippen molar-refractivity contribution in [2.24, 2.45) is 12.5 Å². The predicted molar refractivity (Wildman–Crippen MR) is 134 cm³/mol. The van der Waals surface area contributed by atoms with Gasteiger partial charge in [-0.25, -0.2) is 22.8 Å².